The van der Waals surface area contributed by atoms with Gasteiger partial charge in [0.05, 0.1) is 10.7 Å². The monoisotopic (exact) mass is 275 g/mol. The molecular weight excluding hydrogens is 261 g/mol. The Morgan fingerprint density at radius 1 is 1.36 bits per heavy atom. The second-order valence-electron chi connectivity index (χ2n) is 3.26. The minimum atomic E-state index is 0.774. The van der Waals surface area contributed by atoms with Crippen LogP contribution in [0, 0.1) is 0 Å². The molecule has 0 heterocycles. The van der Waals surface area contributed by atoms with Crippen molar-refractivity contribution in [2.75, 3.05) is 11.9 Å². The Morgan fingerprint density at radius 2 is 2.14 bits per heavy atom. The molecule has 1 nitrogen and oxygen atoms in total. The number of nitrogens with one attached hydrogen (secondary N) is 1. The lowest BCUT2D eigenvalue weighted by atomic mass is 10.2. The van der Waals surface area contributed by atoms with Gasteiger partial charge in [-0.25, -0.2) is 0 Å². The van der Waals surface area contributed by atoms with Gasteiger partial charge in [0.2, 0.25) is 0 Å². The van der Waals surface area contributed by atoms with E-state index in [1.54, 1.807) is 0 Å². The van der Waals surface area contributed by atoms with Crippen LogP contribution in [0.4, 0.5) is 5.69 Å². The second-order valence-corrected chi connectivity index (χ2v) is 4.58. The number of anilines is 1. The van der Waals surface area contributed by atoms with Crippen LogP contribution in [0.5, 0.6) is 0 Å². The van der Waals surface area contributed by atoms with Crippen molar-refractivity contribution in [3.05, 3.63) is 27.7 Å². The van der Waals surface area contributed by atoms with Crippen molar-refractivity contribution in [2.24, 2.45) is 0 Å². The Bertz CT molecular complexity index is 289. The molecule has 0 fully saturated rings. The maximum absolute atomic E-state index is 6.05. The molecule has 0 aromatic heterocycles. The zero-order chi connectivity index (χ0) is 10.4. The first-order valence-corrected chi connectivity index (χ1v) is 6.10. The number of rotatable bonds is 5. The number of benzene rings is 1. The molecule has 1 N–H and O–H groups in total. The van der Waals surface area contributed by atoms with Gasteiger partial charge >= 0.3 is 0 Å². The summed E-state index contributed by atoms with van der Waals surface area (Å²) >= 11 is 9.43. The van der Waals surface area contributed by atoms with E-state index in [2.05, 4.69) is 28.2 Å². The third-order valence-corrected chi connectivity index (χ3v) is 2.83. The molecule has 3 heteroatoms. The molecule has 0 bridgehead atoms. The van der Waals surface area contributed by atoms with Crippen molar-refractivity contribution in [1.82, 2.24) is 0 Å². The van der Waals surface area contributed by atoms with Gasteiger partial charge in [-0.1, -0.05) is 47.3 Å². The SMILES string of the molecule is CCCCCNc1ccc(Br)cc1Cl. The number of hydrogen-bond acceptors (Lipinski definition) is 1. The fourth-order valence-corrected chi connectivity index (χ4v) is 1.97. The molecule has 0 saturated heterocycles. The fourth-order valence-electron chi connectivity index (χ4n) is 1.23. The van der Waals surface area contributed by atoms with Crippen molar-refractivity contribution in [3.63, 3.8) is 0 Å². The van der Waals surface area contributed by atoms with E-state index in [4.69, 9.17) is 11.6 Å². The highest BCUT2D eigenvalue weighted by Crippen LogP contribution is 2.25. The van der Waals surface area contributed by atoms with E-state index in [-0.39, 0.29) is 0 Å². The minimum absolute atomic E-state index is 0.774. The first-order chi connectivity index (χ1) is 6.74. The van der Waals surface area contributed by atoms with Crippen LogP contribution in [0.3, 0.4) is 0 Å². The molecule has 0 aliphatic heterocycles. The Labute approximate surface area is 99.0 Å². The molecule has 0 atom stereocenters. The summed E-state index contributed by atoms with van der Waals surface area (Å²) in [6, 6.07) is 5.90. The topological polar surface area (TPSA) is 12.0 Å². The van der Waals surface area contributed by atoms with Crippen LogP contribution in [0.15, 0.2) is 22.7 Å². The van der Waals surface area contributed by atoms with E-state index in [1.165, 1.54) is 19.3 Å². The summed E-state index contributed by atoms with van der Waals surface area (Å²) in [5.74, 6) is 0. The normalized spacial score (nSPS) is 10.2. The highest BCUT2D eigenvalue weighted by Gasteiger charge is 1.99. The minimum Gasteiger partial charge on any atom is -0.384 e. The molecule has 0 aliphatic carbocycles. The zero-order valence-electron chi connectivity index (χ0n) is 8.32. The molecule has 0 spiro atoms. The van der Waals surface area contributed by atoms with Gasteiger partial charge in [-0.3, -0.25) is 0 Å². The van der Waals surface area contributed by atoms with E-state index in [9.17, 15) is 0 Å². The Balaban J connectivity index is 2.42. The maximum Gasteiger partial charge on any atom is 0.0648 e. The summed E-state index contributed by atoms with van der Waals surface area (Å²) in [6.07, 6.45) is 3.71. The molecule has 1 aromatic carbocycles. The van der Waals surface area contributed by atoms with E-state index in [0.717, 1.165) is 21.7 Å². The van der Waals surface area contributed by atoms with Gasteiger partial charge in [-0.05, 0) is 24.6 Å². The molecule has 0 aliphatic rings. The van der Waals surface area contributed by atoms with Crippen molar-refractivity contribution in [3.8, 4) is 0 Å². The first-order valence-electron chi connectivity index (χ1n) is 4.93. The van der Waals surface area contributed by atoms with Crippen molar-refractivity contribution < 1.29 is 0 Å². The standard InChI is InChI=1S/C11H15BrClN/c1-2-3-4-7-14-11-6-5-9(12)8-10(11)13/h5-6,8,14H,2-4,7H2,1H3. The van der Waals surface area contributed by atoms with E-state index in [1.807, 2.05) is 18.2 Å². The summed E-state index contributed by atoms with van der Waals surface area (Å²) in [6.45, 7) is 3.20. The molecule has 0 radical (unpaired) electrons. The van der Waals surface area contributed by atoms with E-state index >= 15 is 0 Å². The number of halogens is 2. The predicted octanol–water partition coefficient (Wildman–Crippen LogP) is 4.70. The molecular formula is C11H15BrClN. The van der Waals surface area contributed by atoms with Gasteiger partial charge in [-0.2, -0.15) is 0 Å². The lowest BCUT2D eigenvalue weighted by Gasteiger charge is -2.07. The Kier molecular flexibility index (Phi) is 5.34. The third kappa shape index (κ3) is 3.89. The van der Waals surface area contributed by atoms with Crippen LogP contribution in [0.2, 0.25) is 5.02 Å². The van der Waals surface area contributed by atoms with Crippen molar-refractivity contribution >= 4 is 33.2 Å². The molecule has 14 heavy (non-hydrogen) atoms. The average Bonchev–Trinajstić information content (AvgIpc) is 2.15. The maximum atomic E-state index is 6.05. The molecule has 0 saturated carbocycles. The molecule has 78 valence electrons. The largest absolute Gasteiger partial charge is 0.384 e. The zero-order valence-corrected chi connectivity index (χ0v) is 10.7. The smallest absolute Gasteiger partial charge is 0.0648 e. The third-order valence-electron chi connectivity index (χ3n) is 2.03. The van der Waals surface area contributed by atoms with Gasteiger partial charge in [0.25, 0.3) is 0 Å². The summed E-state index contributed by atoms with van der Waals surface area (Å²) in [7, 11) is 0. The van der Waals surface area contributed by atoms with Crippen LogP contribution in [-0.4, -0.2) is 6.54 Å². The van der Waals surface area contributed by atoms with Gasteiger partial charge < -0.3 is 5.32 Å². The number of hydrogen-bond donors (Lipinski definition) is 1. The van der Waals surface area contributed by atoms with Gasteiger partial charge in [-0.15, -0.1) is 0 Å². The number of unbranched alkanes of at least 4 members (excludes halogenated alkanes) is 2. The average molecular weight is 277 g/mol. The molecule has 0 amide bonds. The highest BCUT2D eigenvalue weighted by atomic mass is 79.9. The summed E-state index contributed by atoms with van der Waals surface area (Å²) in [5, 5.41) is 4.10. The Hall–Kier alpha value is -0.210. The van der Waals surface area contributed by atoms with Crippen molar-refractivity contribution in [2.45, 2.75) is 26.2 Å². The summed E-state index contributed by atoms with van der Waals surface area (Å²) in [5.41, 5.74) is 1.02. The van der Waals surface area contributed by atoms with Crippen LogP contribution >= 0.6 is 27.5 Å². The lowest BCUT2D eigenvalue weighted by Crippen LogP contribution is -2.01. The van der Waals surface area contributed by atoms with Gasteiger partial charge in [0.15, 0.2) is 0 Å². The quantitative estimate of drug-likeness (QED) is 0.768. The first kappa shape index (κ1) is 11.9. The highest BCUT2D eigenvalue weighted by molar-refractivity contribution is 9.10. The lowest BCUT2D eigenvalue weighted by molar-refractivity contribution is 0.744. The molecule has 1 rings (SSSR count). The van der Waals surface area contributed by atoms with Crippen LogP contribution in [0.25, 0.3) is 0 Å². The van der Waals surface area contributed by atoms with Crippen LogP contribution in [-0.2, 0) is 0 Å². The van der Waals surface area contributed by atoms with E-state index < -0.39 is 0 Å². The predicted molar refractivity (Wildman–Crippen MR) is 67.2 cm³/mol. The Morgan fingerprint density at radius 3 is 2.79 bits per heavy atom. The fraction of sp³-hybridized carbons (Fsp3) is 0.455. The van der Waals surface area contributed by atoms with E-state index in [0.29, 0.717) is 0 Å². The summed E-state index contributed by atoms with van der Waals surface area (Å²) < 4.78 is 1.02. The molecule has 0 unspecified atom stereocenters. The summed E-state index contributed by atoms with van der Waals surface area (Å²) in [4.78, 5) is 0. The second kappa shape index (κ2) is 6.31. The van der Waals surface area contributed by atoms with Crippen LogP contribution in [0.1, 0.15) is 26.2 Å². The van der Waals surface area contributed by atoms with Gasteiger partial charge in [0, 0.05) is 11.0 Å². The van der Waals surface area contributed by atoms with Gasteiger partial charge in [0.1, 0.15) is 0 Å². The van der Waals surface area contributed by atoms with Crippen molar-refractivity contribution in [1.29, 1.82) is 0 Å². The van der Waals surface area contributed by atoms with Crippen LogP contribution < -0.4 is 5.32 Å². The molecule has 1 aromatic rings.